The van der Waals surface area contributed by atoms with E-state index in [1.165, 1.54) is 11.1 Å². The van der Waals surface area contributed by atoms with Crippen molar-refractivity contribution in [1.82, 2.24) is 5.32 Å². The second kappa shape index (κ2) is 4.71. The Morgan fingerprint density at radius 2 is 1.68 bits per heavy atom. The molecule has 0 bridgehead atoms. The van der Waals surface area contributed by atoms with E-state index in [0.717, 1.165) is 12.2 Å². The zero-order valence-electron chi connectivity index (χ0n) is 11.5. The van der Waals surface area contributed by atoms with Gasteiger partial charge in [0, 0.05) is 17.6 Å². The second-order valence-corrected chi connectivity index (χ2v) is 5.70. The summed E-state index contributed by atoms with van der Waals surface area (Å²) in [5.74, 6) is 0. The minimum Gasteiger partial charge on any atom is -0.369 e. The lowest BCUT2D eigenvalue weighted by atomic mass is 9.76. The molecule has 0 saturated carbocycles. The SMILES string of the molecule is CC1(C)c2ccccc2CNC1Nc1ccccc1. The van der Waals surface area contributed by atoms with Crippen LogP contribution in [0.4, 0.5) is 5.69 Å². The van der Waals surface area contributed by atoms with Gasteiger partial charge in [0.1, 0.15) is 0 Å². The van der Waals surface area contributed by atoms with Crippen LogP contribution in [0.2, 0.25) is 0 Å². The molecular formula is C17H20N2. The van der Waals surface area contributed by atoms with Crippen LogP contribution in [0.5, 0.6) is 0 Å². The van der Waals surface area contributed by atoms with Gasteiger partial charge >= 0.3 is 0 Å². The third-order valence-corrected chi connectivity index (χ3v) is 4.01. The smallest absolute Gasteiger partial charge is 0.0864 e. The van der Waals surface area contributed by atoms with Crippen molar-refractivity contribution in [3.63, 3.8) is 0 Å². The maximum Gasteiger partial charge on any atom is 0.0864 e. The predicted octanol–water partition coefficient (Wildman–Crippen LogP) is 3.51. The van der Waals surface area contributed by atoms with Crippen molar-refractivity contribution in [2.24, 2.45) is 0 Å². The molecule has 1 atom stereocenters. The average molecular weight is 252 g/mol. The van der Waals surface area contributed by atoms with Gasteiger partial charge in [-0.05, 0) is 23.3 Å². The Kier molecular flexibility index (Phi) is 3.03. The molecule has 0 spiro atoms. The van der Waals surface area contributed by atoms with Crippen molar-refractivity contribution >= 4 is 5.69 Å². The number of hydrogen-bond acceptors (Lipinski definition) is 2. The first-order valence-corrected chi connectivity index (χ1v) is 6.81. The fourth-order valence-electron chi connectivity index (χ4n) is 2.86. The van der Waals surface area contributed by atoms with E-state index in [1.54, 1.807) is 0 Å². The Morgan fingerprint density at radius 1 is 1.00 bits per heavy atom. The fraction of sp³-hybridized carbons (Fsp3) is 0.294. The summed E-state index contributed by atoms with van der Waals surface area (Å²) in [6.45, 7) is 5.50. The summed E-state index contributed by atoms with van der Waals surface area (Å²) < 4.78 is 0. The summed E-state index contributed by atoms with van der Waals surface area (Å²) in [6, 6.07) is 19.1. The van der Waals surface area contributed by atoms with Gasteiger partial charge in [0.15, 0.2) is 0 Å². The van der Waals surface area contributed by atoms with Crippen molar-refractivity contribution in [3.8, 4) is 0 Å². The van der Waals surface area contributed by atoms with E-state index in [1.807, 2.05) is 6.07 Å². The minimum atomic E-state index is 0.0602. The van der Waals surface area contributed by atoms with Crippen LogP contribution in [0.25, 0.3) is 0 Å². The van der Waals surface area contributed by atoms with Crippen molar-refractivity contribution in [1.29, 1.82) is 0 Å². The molecule has 0 fully saturated rings. The lowest BCUT2D eigenvalue weighted by Crippen LogP contribution is -2.53. The third kappa shape index (κ3) is 2.24. The largest absolute Gasteiger partial charge is 0.369 e. The van der Waals surface area contributed by atoms with Gasteiger partial charge in [-0.2, -0.15) is 0 Å². The standard InChI is InChI=1S/C17H20N2/c1-17(2)15-11-7-6-8-13(15)12-18-16(17)19-14-9-4-3-5-10-14/h3-11,16,18-19H,12H2,1-2H3. The highest BCUT2D eigenvalue weighted by Gasteiger charge is 2.36. The quantitative estimate of drug-likeness (QED) is 0.854. The van der Waals surface area contributed by atoms with Crippen molar-refractivity contribution in [2.45, 2.75) is 32.0 Å². The number of nitrogens with one attached hydrogen (secondary N) is 2. The first kappa shape index (κ1) is 12.2. The fourth-order valence-corrected chi connectivity index (χ4v) is 2.86. The molecule has 0 amide bonds. The average Bonchev–Trinajstić information content (AvgIpc) is 2.44. The number of para-hydroxylation sites is 1. The first-order chi connectivity index (χ1) is 9.18. The van der Waals surface area contributed by atoms with E-state index in [4.69, 9.17) is 0 Å². The van der Waals surface area contributed by atoms with Crippen LogP contribution in [-0.4, -0.2) is 6.17 Å². The molecule has 1 aliphatic rings. The van der Waals surface area contributed by atoms with Crippen molar-refractivity contribution < 1.29 is 0 Å². The van der Waals surface area contributed by atoms with Gasteiger partial charge in [0.05, 0.1) is 6.17 Å². The summed E-state index contributed by atoms with van der Waals surface area (Å²) in [4.78, 5) is 0. The Morgan fingerprint density at radius 3 is 2.47 bits per heavy atom. The number of hydrogen-bond donors (Lipinski definition) is 2. The van der Waals surface area contributed by atoms with Crippen LogP contribution in [0, 0.1) is 0 Å². The van der Waals surface area contributed by atoms with Crippen LogP contribution < -0.4 is 10.6 Å². The zero-order valence-corrected chi connectivity index (χ0v) is 11.5. The van der Waals surface area contributed by atoms with Gasteiger partial charge in [-0.1, -0.05) is 56.3 Å². The minimum absolute atomic E-state index is 0.0602. The zero-order chi connectivity index (χ0) is 13.3. The number of anilines is 1. The van der Waals surface area contributed by atoms with Gasteiger partial charge < -0.3 is 5.32 Å². The molecule has 19 heavy (non-hydrogen) atoms. The van der Waals surface area contributed by atoms with Gasteiger partial charge in [-0.25, -0.2) is 0 Å². The molecule has 1 aliphatic heterocycles. The van der Waals surface area contributed by atoms with Crippen LogP contribution in [0.3, 0.4) is 0 Å². The van der Waals surface area contributed by atoms with E-state index < -0.39 is 0 Å². The third-order valence-electron chi connectivity index (χ3n) is 4.01. The maximum absolute atomic E-state index is 3.60. The van der Waals surface area contributed by atoms with E-state index in [2.05, 4.69) is 73.0 Å². The maximum atomic E-state index is 3.60. The van der Waals surface area contributed by atoms with Gasteiger partial charge in [0.25, 0.3) is 0 Å². The highest BCUT2D eigenvalue weighted by atomic mass is 15.1. The molecule has 2 nitrogen and oxygen atoms in total. The van der Waals surface area contributed by atoms with Gasteiger partial charge in [-0.15, -0.1) is 0 Å². The van der Waals surface area contributed by atoms with Crippen LogP contribution in [0.15, 0.2) is 54.6 Å². The molecule has 2 heteroatoms. The summed E-state index contributed by atoms with van der Waals surface area (Å²) >= 11 is 0. The molecule has 2 aromatic rings. The lowest BCUT2D eigenvalue weighted by molar-refractivity contribution is 0.342. The summed E-state index contributed by atoms with van der Waals surface area (Å²) in [7, 11) is 0. The van der Waals surface area contributed by atoms with Crippen molar-refractivity contribution in [3.05, 3.63) is 65.7 Å². The number of fused-ring (bicyclic) bond motifs is 1. The molecular weight excluding hydrogens is 232 g/mol. The number of rotatable bonds is 2. The Bertz CT molecular complexity index is 560. The normalized spacial score (nSPS) is 20.6. The molecule has 1 unspecified atom stereocenters. The summed E-state index contributed by atoms with van der Waals surface area (Å²) in [5.41, 5.74) is 4.05. The molecule has 0 aromatic heterocycles. The topological polar surface area (TPSA) is 24.1 Å². The molecule has 98 valence electrons. The highest BCUT2D eigenvalue weighted by molar-refractivity contribution is 5.47. The van der Waals surface area contributed by atoms with Crippen LogP contribution >= 0.6 is 0 Å². The molecule has 0 radical (unpaired) electrons. The van der Waals surface area contributed by atoms with E-state index in [0.29, 0.717) is 0 Å². The predicted molar refractivity (Wildman–Crippen MR) is 80.2 cm³/mol. The molecule has 2 N–H and O–H groups in total. The monoisotopic (exact) mass is 252 g/mol. The van der Waals surface area contributed by atoms with Gasteiger partial charge in [0.2, 0.25) is 0 Å². The second-order valence-electron chi connectivity index (χ2n) is 5.70. The summed E-state index contributed by atoms with van der Waals surface area (Å²) in [6.07, 6.45) is 0.241. The summed E-state index contributed by atoms with van der Waals surface area (Å²) in [5, 5.41) is 7.20. The van der Waals surface area contributed by atoms with Crippen molar-refractivity contribution in [2.75, 3.05) is 5.32 Å². The van der Waals surface area contributed by atoms with E-state index >= 15 is 0 Å². The van der Waals surface area contributed by atoms with Crippen LogP contribution in [-0.2, 0) is 12.0 Å². The molecule has 0 aliphatic carbocycles. The molecule has 3 rings (SSSR count). The lowest BCUT2D eigenvalue weighted by Gasteiger charge is -2.42. The first-order valence-electron chi connectivity index (χ1n) is 6.81. The number of benzene rings is 2. The van der Waals surface area contributed by atoms with Gasteiger partial charge in [-0.3, -0.25) is 5.32 Å². The molecule has 2 aromatic carbocycles. The Hall–Kier alpha value is -1.80. The molecule has 0 saturated heterocycles. The highest BCUT2D eigenvalue weighted by Crippen LogP contribution is 2.34. The Labute approximate surface area is 114 Å². The van der Waals surface area contributed by atoms with E-state index in [-0.39, 0.29) is 11.6 Å². The molecule has 1 heterocycles. The van der Waals surface area contributed by atoms with E-state index in [9.17, 15) is 0 Å². The Balaban J connectivity index is 1.89. The van der Waals surface area contributed by atoms with Crippen LogP contribution in [0.1, 0.15) is 25.0 Å².